The smallest absolute Gasteiger partial charge is 0.262 e. The molecule has 3 aromatic rings. The average molecular weight is 789 g/mol. The zero-order valence-corrected chi connectivity index (χ0v) is 32.5. The second-order valence-electron chi connectivity index (χ2n) is 16.5. The lowest BCUT2D eigenvalue weighted by Crippen LogP contribution is -2.55. The number of anilines is 3. The van der Waals surface area contributed by atoms with Crippen LogP contribution in [0.25, 0.3) is 0 Å². The Morgan fingerprint density at radius 2 is 1.47 bits per heavy atom. The Bertz CT molecular complexity index is 2200. The molecule has 14 heteroatoms. The molecule has 1 N–H and O–H groups in total. The summed E-state index contributed by atoms with van der Waals surface area (Å²) in [5.41, 5.74) is 5.12. The third-order valence-corrected chi connectivity index (χ3v) is 13.4. The molecular formula is C43H45ClN8O5. The van der Waals surface area contributed by atoms with Gasteiger partial charge in [0.2, 0.25) is 11.8 Å². The minimum absolute atomic E-state index is 0.0791. The van der Waals surface area contributed by atoms with Crippen LogP contribution in [0, 0.1) is 22.7 Å². The van der Waals surface area contributed by atoms with Gasteiger partial charge in [-0.15, -0.1) is 0 Å². The zero-order chi connectivity index (χ0) is 39.4. The Morgan fingerprint density at radius 1 is 0.789 bits per heavy atom. The summed E-state index contributed by atoms with van der Waals surface area (Å²) >= 11 is 6.32. The van der Waals surface area contributed by atoms with E-state index in [9.17, 15) is 29.2 Å². The van der Waals surface area contributed by atoms with Crippen molar-refractivity contribution < 1.29 is 24.0 Å². The van der Waals surface area contributed by atoms with E-state index in [0.29, 0.717) is 35.2 Å². The summed E-state index contributed by atoms with van der Waals surface area (Å²) in [5.74, 6) is -1.47. The first kappa shape index (κ1) is 37.1. The standard InChI is InChI=1S/C43H45ClN8O5/c44-36-22-33(5-4-30(36)23-45)48-13-10-43(11-14-48)12-15-50(27-43)31-3-1-2-29(20-31)40(55)49-18-16-47(17-19-49)24-28-25-51(26-28)32-6-7-34-35(21-32)42(57)52(41(34)56)37-8-9-38(53)46-39(37)54/h1-7,20-22,28,37H,8-19,24-27H2,(H,46,53,54). The fraction of sp³-hybridized carbons (Fsp3) is 0.442. The highest BCUT2D eigenvalue weighted by Gasteiger charge is 2.45. The summed E-state index contributed by atoms with van der Waals surface area (Å²) in [4.78, 5) is 76.5. The number of hydrogen-bond donors (Lipinski definition) is 1. The number of piperidine rings is 2. The normalized spacial score (nSPS) is 22.5. The lowest BCUT2D eigenvalue weighted by molar-refractivity contribution is -0.136. The van der Waals surface area contributed by atoms with Gasteiger partial charge in [-0.3, -0.25) is 39.1 Å². The van der Waals surface area contributed by atoms with Gasteiger partial charge in [-0.2, -0.15) is 5.26 Å². The van der Waals surface area contributed by atoms with Crippen molar-refractivity contribution in [1.82, 2.24) is 20.0 Å². The van der Waals surface area contributed by atoms with E-state index in [1.807, 2.05) is 35.2 Å². The first-order chi connectivity index (χ1) is 27.6. The number of carbonyl (C=O) groups excluding carboxylic acids is 5. The molecule has 6 heterocycles. The number of halogens is 1. The van der Waals surface area contributed by atoms with E-state index in [0.717, 1.165) is 106 Å². The summed E-state index contributed by atoms with van der Waals surface area (Å²) in [6, 6.07) is 20.3. The van der Waals surface area contributed by atoms with Crippen LogP contribution in [-0.4, -0.2) is 122 Å². The van der Waals surface area contributed by atoms with E-state index < -0.39 is 29.7 Å². The first-order valence-electron chi connectivity index (χ1n) is 20.0. The fourth-order valence-electron chi connectivity index (χ4n) is 9.66. The van der Waals surface area contributed by atoms with Gasteiger partial charge < -0.3 is 19.6 Å². The number of amides is 5. The quantitative estimate of drug-likeness (QED) is 0.350. The molecule has 5 saturated heterocycles. The number of rotatable bonds is 7. The molecular weight excluding hydrogens is 744 g/mol. The molecule has 1 unspecified atom stereocenters. The van der Waals surface area contributed by atoms with Crippen LogP contribution in [0.5, 0.6) is 0 Å². The molecule has 6 aliphatic rings. The Labute approximate surface area is 336 Å². The molecule has 0 radical (unpaired) electrons. The van der Waals surface area contributed by atoms with E-state index in [1.165, 1.54) is 0 Å². The van der Waals surface area contributed by atoms with Crippen molar-refractivity contribution in [2.45, 2.75) is 38.1 Å². The maximum atomic E-state index is 13.7. The Balaban J connectivity index is 0.737. The molecule has 13 nitrogen and oxygen atoms in total. The van der Waals surface area contributed by atoms with Gasteiger partial charge in [0.1, 0.15) is 12.1 Å². The second kappa shape index (κ2) is 14.8. The Kier molecular flexibility index (Phi) is 9.65. The van der Waals surface area contributed by atoms with Crippen molar-refractivity contribution in [3.8, 4) is 6.07 Å². The predicted octanol–water partition coefficient (Wildman–Crippen LogP) is 4.00. The van der Waals surface area contributed by atoms with Crippen LogP contribution >= 0.6 is 11.6 Å². The average Bonchev–Trinajstić information content (AvgIpc) is 3.73. The summed E-state index contributed by atoms with van der Waals surface area (Å²) in [6.07, 6.45) is 3.53. The predicted molar refractivity (Wildman–Crippen MR) is 214 cm³/mol. The number of benzene rings is 3. The van der Waals surface area contributed by atoms with E-state index in [1.54, 1.807) is 18.2 Å². The van der Waals surface area contributed by atoms with Crippen molar-refractivity contribution in [1.29, 1.82) is 5.26 Å². The monoisotopic (exact) mass is 788 g/mol. The summed E-state index contributed by atoms with van der Waals surface area (Å²) < 4.78 is 0. The first-order valence-corrected chi connectivity index (χ1v) is 20.4. The van der Waals surface area contributed by atoms with Gasteiger partial charge in [0.15, 0.2) is 0 Å². The van der Waals surface area contributed by atoms with Gasteiger partial charge in [0.05, 0.1) is 21.7 Å². The molecule has 1 atom stereocenters. The lowest BCUT2D eigenvalue weighted by Gasteiger charge is -2.45. The molecule has 0 aliphatic carbocycles. The molecule has 5 fully saturated rings. The molecule has 0 saturated carbocycles. The molecule has 3 aromatic carbocycles. The van der Waals surface area contributed by atoms with Gasteiger partial charge in [-0.05, 0) is 85.7 Å². The maximum absolute atomic E-state index is 13.7. The molecule has 57 heavy (non-hydrogen) atoms. The third kappa shape index (κ3) is 6.99. The summed E-state index contributed by atoms with van der Waals surface area (Å²) in [7, 11) is 0. The largest absolute Gasteiger partial charge is 0.371 e. The Hall–Kier alpha value is -5.45. The van der Waals surface area contributed by atoms with Gasteiger partial charge in [0.25, 0.3) is 17.7 Å². The lowest BCUT2D eigenvalue weighted by atomic mass is 9.77. The van der Waals surface area contributed by atoms with Crippen LogP contribution in [0.2, 0.25) is 5.02 Å². The topological polar surface area (TPSA) is 141 Å². The number of piperazine rings is 1. The molecule has 294 valence electrons. The van der Waals surface area contributed by atoms with Crippen LogP contribution < -0.4 is 20.0 Å². The molecule has 9 rings (SSSR count). The fourth-order valence-corrected chi connectivity index (χ4v) is 9.88. The van der Waals surface area contributed by atoms with Crippen molar-refractivity contribution in [3.63, 3.8) is 0 Å². The minimum Gasteiger partial charge on any atom is -0.371 e. The van der Waals surface area contributed by atoms with Gasteiger partial charge in [-0.1, -0.05) is 17.7 Å². The Morgan fingerprint density at radius 3 is 2.19 bits per heavy atom. The molecule has 5 amide bonds. The van der Waals surface area contributed by atoms with E-state index in [2.05, 4.69) is 43.1 Å². The van der Waals surface area contributed by atoms with Crippen molar-refractivity contribution in [3.05, 3.63) is 87.9 Å². The van der Waals surface area contributed by atoms with Crippen molar-refractivity contribution in [2.24, 2.45) is 11.3 Å². The van der Waals surface area contributed by atoms with Crippen LogP contribution in [0.3, 0.4) is 0 Å². The van der Waals surface area contributed by atoms with Crippen LogP contribution in [0.1, 0.15) is 68.7 Å². The number of nitriles is 1. The molecule has 1 spiro atoms. The number of nitrogens with one attached hydrogen (secondary N) is 1. The zero-order valence-electron chi connectivity index (χ0n) is 31.8. The van der Waals surface area contributed by atoms with Crippen molar-refractivity contribution >= 4 is 58.2 Å². The number of imide groups is 2. The highest BCUT2D eigenvalue weighted by Crippen LogP contribution is 2.43. The number of fused-ring (bicyclic) bond motifs is 1. The van der Waals surface area contributed by atoms with E-state index >= 15 is 0 Å². The highest BCUT2D eigenvalue weighted by atomic mass is 35.5. The number of carbonyl (C=O) groups is 5. The highest BCUT2D eigenvalue weighted by molar-refractivity contribution is 6.32. The van der Waals surface area contributed by atoms with Gasteiger partial charge in [0, 0.05) is 107 Å². The summed E-state index contributed by atoms with van der Waals surface area (Å²) in [6.45, 7) is 9.43. The van der Waals surface area contributed by atoms with Gasteiger partial charge >= 0.3 is 0 Å². The SMILES string of the molecule is N#Cc1ccc(N2CCC3(CC2)CCN(c2cccc(C(=O)N4CCN(CC5CN(c6ccc7c(c6)C(=O)N(C6CCC(=O)NC6=O)C7=O)C5)CC4)c2)C3)cc1Cl. The molecule has 0 aromatic heterocycles. The molecule has 0 bridgehead atoms. The number of hydrogen-bond acceptors (Lipinski definition) is 10. The minimum atomic E-state index is -0.977. The van der Waals surface area contributed by atoms with E-state index in [-0.39, 0.29) is 29.7 Å². The van der Waals surface area contributed by atoms with E-state index in [4.69, 9.17) is 11.6 Å². The van der Waals surface area contributed by atoms with Crippen molar-refractivity contribution in [2.75, 3.05) is 86.7 Å². The second-order valence-corrected chi connectivity index (χ2v) is 16.9. The van der Waals surface area contributed by atoms with Crippen LogP contribution in [0.15, 0.2) is 60.7 Å². The van der Waals surface area contributed by atoms with Crippen LogP contribution in [-0.2, 0) is 9.59 Å². The summed E-state index contributed by atoms with van der Waals surface area (Å²) in [5, 5.41) is 12.0. The molecule has 6 aliphatic heterocycles. The third-order valence-electron chi connectivity index (χ3n) is 13.1. The van der Waals surface area contributed by atoms with Crippen LogP contribution in [0.4, 0.5) is 17.1 Å². The number of nitrogens with zero attached hydrogens (tertiary/aromatic N) is 7. The maximum Gasteiger partial charge on any atom is 0.262 e. The van der Waals surface area contributed by atoms with Gasteiger partial charge in [-0.25, -0.2) is 0 Å².